The van der Waals surface area contributed by atoms with Crippen molar-refractivity contribution in [3.05, 3.63) is 35.1 Å². The molecule has 1 aliphatic heterocycles. The molecule has 1 heterocycles. The summed E-state index contributed by atoms with van der Waals surface area (Å²) in [5, 5.41) is 3.00. The van der Waals surface area contributed by atoms with Crippen molar-refractivity contribution in [2.75, 3.05) is 26.7 Å². The second-order valence-electron chi connectivity index (χ2n) is 5.27. The number of likely N-dealkylation sites (N-methyl/N-ethyl adjacent to an activating group) is 1. The maximum Gasteiger partial charge on any atom is 0.252 e. The number of hydrogen-bond acceptors (Lipinski definition) is 3. The Morgan fingerprint density at radius 1 is 1.57 bits per heavy atom. The largest absolute Gasteiger partial charge is 0.348 e. The number of nitrogens with zero attached hydrogens (tertiary/aromatic N) is 1. The van der Waals surface area contributed by atoms with Crippen LogP contribution in [-0.4, -0.2) is 43.5 Å². The summed E-state index contributed by atoms with van der Waals surface area (Å²) >= 11 is 0. The number of piperidine rings is 1. The smallest absolute Gasteiger partial charge is 0.252 e. The summed E-state index contributed by atoms with van der Waals surface area (Å²) in [6.07, 6.45) is 2.02. The molecule has 0 bridgehead atoms. The molecule has 112 valence electrons. The van der Waals surface area contributed by atoms with Crippen LogP contribution < -0.4 is 11.1 Å². The lowest BCUT2D eigenvalue weighted by molar-refractivity contribution is 0.0912. The molecule has 1 aliphatic rings. The molecule has 4 nitrogen and oxygen atoms in total. The molecule has 1 saturated heterocycles. The van der Waals surface area contributed by atoms with Crippen molar-refractivity contribution in [1.29, 1.82) is 0 Å². The standard InChI is InChI=1S/C16H20FN3O/c1-20-9-3-5-14(11-20)19-16(21)15-7-6-13(17)10-12(15)4-2-8-18/h6-7,10,14H,3,5,8-9,11,18H2,1H3,(H,19,21). The van der Waals surface area contributed by atoms with Gasteiger partial charge >= 0.3 is 0 Å². The van der Waals surface area contributed by atoms with Gasteiger partial charge in [-0.2, -0.15) is 0 Å². The Morgan fingerprint density at radius 3 is 3.10 bits per heavy atom. The highest BCUT2D eigenvalue weighted by molar-refractivity contribution is 5.97. The molecule has 1 aromatic carbocycles. The Labute approximate surface area is 124 Å². The summed E-state index contributed by atoms with van der Waals surface area (Å²) in [4.78, 5) is 14.6. The molecule has 1 atom stereocenters. The SMILES string of the molecule is CN1CCCC(NC(=O)c2ccc(F)cc2C#CCN)C1. The summed E-state index contributed by atoms with van der Waals surface area (Å²) in [7, 11) is 2.04. The first-order valence-corrected chi connectivity index (χ1v) is 7.08. The Balaban J connectivity index is 2.14. The number of halogens is 1. The third kappa shape index (κ3) is 4.28. The van der Waals surface area contributed by atoms with Crippen molar-refractivity contribution in [1.82, 2.24) is 10.2 Å². The molecule has 0 saturated carbocycles. The van der Waals surface area contributed by atoms with Crippen molar-refractivity contribution in [2.24, 2.45) is 5.73 Å². The van der Waals surface area contributed by atoms with E-state index in [1.54, 1.807) is 0 Å². The molecule has 0 aromatic heterocycles. The van der Waals surface area contributed by atoms with Crippen LogP contribution in [0.15, 0.2) is 18.2 Å². The van der Waals surface area contributed by atoms with Gasteiger partial charge < -0.3 is 16.0 Å². The number of carbonyl (C=O) groups is 1. The fourth-order valence-corrected chi connectivity index (χ4v) is 2.51. The minimum Gasteiger partial charge on any atom is -0.348 e. The molecule has 5 heteroatoms. The fourth-order valence-electron chi connectivity index (χ4n) is 2.51. The summed E-state index contributed by atoms with van der Waals surface area (Å²) in [6.45, 7) is 2.05. The zero-order chi connectivity index (χ0) is 15.2. The average molecular weight is 289 g/mol. The number of benzene rings is 1. The first-order chi connectivity index (χ1) is 10.1. The lowest BCUT2D eigenvalue weighted by atomic mass is 10.0. The fraction of sp³-hybridized carbons (Fsp3) is 0.438. The average Bonchev–Trinajstić information content (AvgIpc) is 2.45. The molecule has 21 heavy (non-hydrogen) atoms. The van der Waals surface area contributed by atoms with Crippen LogP contribution in [0, 0.1) is 17.7 Å². The Bertz CT molecular complexity index is 577. The van der Waals surface area contributed by atoms with E-state index in [1.165, 1.54) is 18.2 Å². The van der Waals surface area contributed by atoms with E-state index in [1.807, 2.05) is 7.05 Å². The molecule has 2 rings (SSSR count). The predicted octanol–water partition coefficient (Wildman–Crippen LogP) is 0.960. The first kappa shape index (κ1) is 15.5. The number of nitrogens with two attached hydrogens (primary N) is 1. The zero-order valence-electron chi connectivity index (χ0n) is 12.2. The highest BCUT2D eigenvalue weighted by atomic mass is 19.1. The first-order valence-electron chi connectivity index (χ1n) is 7.08. The summed E-state index contributed by atoms with van der Waals surface area (Å²) in [5.74, 6) is 4.79. The van der Waals surface area contributed by atoms with E-state index >= 15 is 0 Å². The minimum absolute atomic E-state index is 0.122. The number of rotatable bonds is 2. The van der Waals surface area contributed by atoms with Crippen molar-refractivity contribution in [3.63, 3.8) is 0 Å². The van der Waals surface area contributed by atoms with Crippen LogP contribution in [0.4, 0.5) is 4.39 Å². The van der Waals surface area contributed by atoms with E-state index in [0.29, 0.717) is 11.1 Å². The van der Waals surface area contributed by atoms with E-state index in [2.05, 4.69) is 22.1 Å². The van der Waals surface area contributed by atoms with E-state index in [9.17, 15) is 9.18 Å². The van der Waals surface area contributed by atoms with Gasteiger partial charge in [0, 0.05) is 18.2 Å². The third-order valence-corrected chi connectivity index (χ3v) is 3.51. The third-order valence-electron chi connectivity index (χ3n) is 3.51. The molecule has 0 aliphatic carbocycles. The Kier molecular flexibility index (Phi) is 5.32. The van der Waals surface area contributed by atoms with Crippen LogP contribution in [0.1, 0.15) is 28.8 Å². The van der Waals surface area contributed by atoms with E-state index in [4.69, 9.17) is 5.73 Å². The predicted molar refractivity (Wildman–Crippen MR) is 80.3 cm³/mol. The molecule has 1 unspecified atom stereocenters. The number of amides is 1. The second-order valence-corrected chi connectivity index (χ2v) is 5.27. The Hall–Kier alpha value is -1.90. The van der Waals surface area contributed by atoms with Gasteiger partial charge in [0.25, 0.3) is 5.91 Å². The summed E-state index contributed by atoms with van der Waals surface area (Å²) in [5.41, 5.74) is 6.10. The molecule has 1 aromatic rings. The number of carbonyl (C=O) groups excluding carboxylic acids is 1. The maximum atomic E-state index is 13.3. The molecule has 1 amide bonds. The molecular formula is C16H20FN3O. The van der Waals surface area contributed by atoms with Crippen LogP contribution in [-0.2, 0) is 0 Å². The van der Waals surface area contributed by atoms with Crippen molar-refractivity contribution >= 4 is 5.91 Å². The van der Waals surface area contributed by atoms with E-state index in [0.717, 1.165) is 25.9 Å². The van der Waals surface area contributed by atoms with Crippen LogP contribution in [0.2, 0.25) is 0 Å². The number of hydrogen-bond donors (Lipinski definition) is 2. The van der Waals surface area contributed by atoms with Crippen molar-refractivity contribution in [3.8, 4) is 11.8 Å². The topological polar surface area (TPSA) is 58.4 Å². The van der Waals surface area contributed by atoms with Gasteiger partial charge in [-0.3, -0.25) is 4.79 Å². The number of nitrogens with one attached hydrogen (secondary N) is 1. The van der Waals surface area contributed by atoms with Gasteiger partial charge in [-0.25, -0.2) is 4.39 Å². The highest BCUT2D eigenvalue weighted by Gasteiger charge is 2.20. The van der Waals surface area contributed by atoms with Crippen molar-refractivity contribution < 1.29 is 9.18 Å². The molecule has 1 fully saturated rings. The van der Waals surface area contributed by atoms with Gasteiger partial charge in [-0.1, -0.05) is 11.8 Å². The minimum atomic E-state index is -0.412. The van der Waals surface area contributed by atoms with Crippen LogP contribution in [0.5, 0.6) is 0 Å². The normalized spacial score (nSPS) is 18.7. The Morgan fingerprint density at radius 2 is 2.38 bits per heavy atom. The lowest BCUT2D eigenvalue weighted by Crippen LogP contribution is -2.46. The van der Waals surface area contributed by atoms with E-state index < -0.39 is 5.82 Å². The van der Waals surface area contributed by atoms with Crippen LogP contribution in [0.25, 0.3) is 0 Å². The van der Waals surface area contributed by atoms with Crippen LogP contribution in [0.3, 0.4) is 0 Å². The monoisotopic (exact) mass is 289 g/mol. The van der Waals surface area contributed by atoms with Gasteiger partial charge in [0.2, 0.25) is 0 Å². The lowest BCUT2D eigenvalue weighted by Gasteiger charge is -2.30. The highest BCUT2D eigenvalue weighted by Crippen LogP contribution is 2.13. The molecular weight excluding hydrogens is 269 g/mol. The molecule has 0 radical (unpaired) electrons. The quantitative estimate of drug-likeness (QED) is 0.797. The molecule has 3 N–H and O–H groups in total. The molecule has 0 spiro atoms. The van der Waals surface area contributed by atoms with Gasteiger partial charge in [0.05, 0.1) is 12.1 Å². The van der Waals surface area contributed by atoms with Gasteiger partial charge in [0.15, 0.2) is 0 Å². The van der Waals surface area contributed by atoms with Gasteiger partial charge in [-0.15, -0.1) is 0 Å². The maximum absolute atomic E-state index is 13.3. The second kappa shape index (κ2) is 7.21. The summed E-state index contributed by atoms with van der Waals surface area (Å²) < 4.78 is 13.3. The van der Waals surface area contributed by atoms with Gasteiger partial charge in [-0.05, 0) is 44.6 Å². The van der Waals surface area contributed by atoms with Crippen molar-refractivity contribution in [2.45, 2.75) is 18.9 Å². The van der Waals surface area contributed by atoms with Crippen LogP contribution >= 0.6 is 0 Å². The van der Waals surface area contributed by atoms with Gasteiger partial charge in [0.1, 0.15) is 5.82 Å². The summed E-state index contributed by atoms with van der Waals surface area (Å²) in [6, 6.07) is 4.13. The van der Waals surface area contributed by atoms with E-state index in [-0.39, 0.29) is 18.5 Å². The zero-order valence-corrected chi connectivity index (χ0v) is 12.2. The number of likely N-dealkylation sites (tertiary alicyclic amines) is 1.